The first-order valence-electron chi connectivity index (χ1n) is 11.2. The van der Waals surface area contributed by atoms with Crippen molar-refractivity contribution >= 4 is 52.1 Å². The molecular weight excluding hydrogens is 514 g/mol. The van der Waals surface area contributed by atoms with Gasteiger partial charge in [0.2, 0.25) is 5.91 Å². The fourth-order valence-electron chi connectivity index (χ4n) is 2.97. The molecule has 0 saturated heterocycles. The van der Waals surface area contributed by atoms with Gasteiger partial charge in [0.05, 0.1) is 18.7 Å². The van der Waals surface area contributed by atoms with Gasteiger partial charge in [-0.25, -0.2) is 24.0 Å². The standard InChI is InChI=1S/C18H29N3O3S.2C2H2O4/c1-4-24-18(23)16-13-8-5-6-9-14(13)25-17(16)20-15(22)12-19-10-7-11-21(2)3;2*3-1(4)2(5)6/h19H,4-12H2,1-3H3,(H,20,22);2*(H,3,4)(H,5,6). The van der Waals surface area contributed by atoms with Crippen LogP contribution in [0.25, 0.3) is 0 Å². The number of carboxylic acids is 4. The number of carbonyl (C=O) groups excluding carboxylic acids is 2. The molecule has 1 aromatic rings. The SMILES string of the molecule is CCOC(=O)c1c(NC(=O)CNCCCN(C)C)sc2c1CCCC2.O=C(O)C(=O)O.O=C(O)C(=O)O. The number of fused-ring (bicyclic) bond motifs is 1. The molecule has 2 rings (SSSR count). The van der Waals surface area contributed by atoms with E-state index in [1.165, 1.54) is 16.2 Å². The summed E-state index contributed by atoms with van der Waals surface area (Å²) in [5.41, 5.74) is 1.64. The molecule has 0 fully saturated rings. The van der Waals surface area contributed by atoms with Crippen molar-refractivity contribution in [3.8, 4) is 0 Å². The first kappa shape index (κ1) is 33.4. The van der Waals surface area contributed by atoms with E-state index in [1.54, 1.807) is 6.92 Å². The van der Waals surface area contributed by atoms with Crippen LogP contribution in [0.15, 0.2) is 0 Å². The Morgan fingerprint density at radius 1 is 0.919 bits per heavy atom. The maximum absolute atomic E-state index is 12.4. The summed E-state index contributed by atoms with van der Waals surface area (Å²) >= 11 is 1.52. The Kier molecular flexibility index (Phi) is 16.1. The van der Waals surface area contributed by atoms with E-state index in [0.717, 1.165) is 50.8 Å². The lowest BCUT2D eigenvalue weighted by molar-refractivity contribution is -0.159. The van der Waals surface area contributed by atoms with Gasteiger partial charge in [0.15, 0.2) is 0 Å². The zero-order valence-corrected chi connectivity index (χ0v) is 21.7. The summed E-state index contributed by atoms with van der Waals surface area (Å²) in [4.78, 5) is 64.3. The lowest BCUT2D eigenvalue weighted by atomic mass is 9.95. The van der Waals surface area contributed by atoms with Crippen molar-refractivity contribution in [3.63, 3.8) is 0 Å². The molecule has 1 aromatic heterocycles. The van der Waals surface area contributed by atoms with E-state index in [0.29, 0.717) is 17.2 Å². The number of nitrogens with one attached hydrogen (secondary N) is 2. The van der Waals surface area contributed by atoms with Gasteiger partial charge in [-0.3, -0.25) is 4.79 Å². The van der Waals surface area contributed by atoms with Crippen LogP contribution in [0.5, 0.6) is 0 Å². The van der Waals surface area contributed by atoms with E-state index in [2.05, 4.69) is 15.5 Å². The van der Waals surface area contributed by atoms with Crippen LogP contribution < -0.4 is 10.6 Å². The average molecular weight is 548 g/mol. The smallest absolute Gasteiger partial charge is 0.414 e. The molecular formula is C22H33N3O11S. The van der Waals surface area contributed by atoms with Gasteiger partial charge in [-0.05, 0) is 71.8 Å². The lowest BCUT2D eigenvalue weighted by Crippen LogP contribution is -2.30. The molecule has 1 amide bonds. The van der Waals surface area contributed by atoms with E-state index in [9.17, 15) is 9.59 Å². The highest BCUT2D eigenvalue weighted by Crippen LogP contribution is 2.38. The van der Waals surface area contributed by atoms with Crippen LogP contribution >= 0.6 is 11.3 Å². The fourth-order valence-corrected chi connectivity index (χ4v) is 4.26. The summed E-state index contributed by atoms with van der Waals surface area (Å²) in [6.07, 6.45) is 5.07. The van der Waals surface area contributed by atoms with Crippen LogP contribution in [-0.4, -0.2) is 101 Å². The van der Waals surface area contributed by atoms with Gasteiger partial charge in [0.1, 0.15) is 5.00 Å². The van der Waals surface area contributed by atoms with Crippen molar-refractivity contribution in [3.05, 3.63) is 16.0 Å². The molecule has 1 aliphatic carbocycles. The number of hydrogen-bond donors (Lipinski definition) is 6. The van der Waals surface area contributed by atoms with Gasteiger partial charge in [-0.15, -0.1) is 11.3 Å². The zero-order valence-electron chi connectivity index (χ0n) is 20.9. The third-order valence-corrected chi connectivity index (χ3v) is 5.72. The third-order valence-electron chi connectivity index (χ3n) is 4.51. The van der Waals surface area contributed by atoms with Gasteiger partial charge < -0.3 is 40.7 Å². The van der Waals surface area contributed by atoms with Crippen LogP contribution in [0.2, 0.25) is 0 Å². The van der Waals surface area contributed by atoms with E-state index >= 15 is 0 Å². The number of aryl methyl sites for hydroxylation is 1. The van der Waals surface area contributed by atoms with Crippen molar-refractivity contribution in [1.82, 2.24) is 10.2 Å². The number of esters is 1. The molecule has 14 nitrogen and oxygen atoms in total. The minimum Gasteiger partial charge on any atom is -0.473 e. The largest absolute Gasteiger partial charge is 0.473 e. The molecule has 6 N–H and O–H groups in total. The molecule has 1 aliphatic rings. The molecule has 208 valence electrons. The Hall–Kier alpha value is -3.56. The van der Waals surface area contributed by atoms with Crippen molar-refractivity contribution < 1.29 is 53.9 Å². The van der Waals surface area contributed by atoms with Crippen LogP contribution in [0.1, 0.15) is 47.0 Å². The molecule has 15 heteroatoms. The number of carbonyl (C=O) groups is 6. The fraction of sp³-hybridized carbons (Fsp3) is 0.545. The third kappa shape index (κ3) is 13.9. The Balaban J connectivity index is 0.000000896. The molecule has 0 radical (unpaired) electrons. The second-order valence-corrected chi connectivity index (χ2v) is 8.84. The second-order valence-electron chi connectivity index (χ2n) is 7.74. The normalized spacial score (nSPS) is 11.6. The molecule has 0 bridgehead atoms. The highest BCUT2D eigenvalue weighted by molar-refractivity contribution is 7.17. The Morgan fingerprint density at radius 3 is 1.95 bits per heavy atom. The van der Waals surface area contributed by atoms with Gasteiger partial charge in [-0.2, -0.15) is 0 Å². The minimum absolute atomic E-state index is 0.117. The number of aliphatic carboxylic acids is 4. The highest BCUT2D eigenvalue weighted by Gasteiger charge is 2.27. The van der Waals surface area contributed by atoms with E-state index in [-0.39, 0.29) is 18.4 Å². The maximum atomic E-state index is 12.4. The van der Waals surface area contributed by atoms with Gasteiger partial charge in [0, 0.05) is 4.88 Å². The topological polar surface area (TPSA) is 220 Å². The number of rotatable bonds is 9. The molecule has 1 heterocycles. The first-order valence-corrected chi connectivity index (χ1v) is 12.0. The summed E-state index contributed by atoms with van der Waals surface area (Å²) in [6.45, 7) is 4.16. The number of hydrogen-bond acceptors (Lipinski definition) is 10. The molecule has 0 atom stereocenters. The van der Waals surface area contributed by atoms with Crippen LogP contribution in [0, 0.1) is 0 Å². The van der Waals surface area contributed by atoms with Crippen LogP contribution in [0.3, 0.4) is 0 Å². The minimum atomic E-state index is -1.82. The predicted octanol–water partition coefficient (Wildman–Crippen LogP) is 0.595. The van der Waals surface area contributed by atoms with Gasteiger partial charge in [-0.1, -0.05) is 0 Å². The summed E-state index contributed by atoms with van der Waals surface area (Å²) in [5, 5.41) is 36.3. The van der Waals surface area contributed by atoms with E-state index in [4.69, 9.17) is 44.3 Å². The van der Waals surface area contributed by atoms with Crippen molar-refractivity contribution in [2.45, 2.75) is 39.0 Å². The van der Waals surface area contributed by atoms with E-state index < -0.39 is 23.9 Å². The average Bonchev–Trinajstić information content (AvgIpc) is 3.17. The number of nitrogens with zero attached hydrogens (tertiary/aromatic N) is 1. The number of anilines is 1. The number of ether oxygens (including phenoxy) is 1. The summed E-state index contributed by atoms with van der Waals surface area (Å²) in [6, 6.07) is 0. The molecule has 0 aromatic carbocycles. The maximum Gasteiger partial charge on any atom is 0.414 e. The monoisotopic (exact) mass is 547 g/mol. The molecule has 0 saturated carbocycles. The highest BCUT2D eigenvalue weighted by atomic mass is 32.1. The predicted molar refractivity (Wildman–Crippen MR) is 132 cm³/mol. The van der Waals surface area contributed by atoms with E-state index in [1.807, 2.05) is 14.1 Å². The molecule has 0 unspecified atom stereocenters. The Bertz CT molecular complexity index is 912. The van der Waals surface area contributed by atoms with Crippen LogP contribution in [-0.2, 0) is 41.6 Å². The number of thiophene rings is 1. The number of amides is 1. The first-order chi connectivity index (χ1) is 17.3. The van der Waals surface area contributed by atoms with Crippen molar-refractivity contribution in [2.75, 3.05) is 45.7 Å². The Labute approximate surface area is 217 Å². The zero-order chi connectivity index (χ0) is 28.5. The summed E-state index contributed by atoms with van der Waals surface area (Å²) in [5.74, 6) is -7.74. The van der Waals surface area contributed by atoms with Crippen molar-refractivity contribution in [2.24, 2.45) is 0 Å². The molecule has 37 heavy (non-hydrogen) atoms. The van der Waals surface area contributed by atoms with Crippen molar-refractivity contribution in [1.29, 1.82) is 0 Å². The quantitative estimate of drug-likeness (QED) is 0.142. The van der Waals surface area contributed by atoms with Gasteiger partial charge in [0.25, 0.3) is 0 Å². The summed E-state index contributed by atoms with van der Waals surface area (Å²) in [7, 11) is 4.06. The van der Waals surface area contributed by atoms with Gasteiger partial charge >= 0.3 is 29.8 Å². The molecule has 0 spiro atoms. The molecule has 0 aliphatic heterocycles. The lowest BCUT2D eigenvalue weighted by Gasteiger charge is -2.12. The number of carboxylic acid groups (broad SMARTS) is 4. The van der Waals surface area contributed by atoms with Crippen LogP contribution in [0.4, 0.5) is 5.00 Å². The summed E-state index contributed by atoms with van der Waals surface area (Å²) < 4.78 is 5.21. The Morgan fingerprint density at radius 2 is 1.46 bits per heavy atom. The second kappa shape index (κ2) is 17.8.